The van der Waals surface area contributed by atoms with E-state index in [1.54, 1.807) is 13.3 Å². The number of hydrogen-bond donors (Lipinski definition) is 2. The van der Waals surface area contributed by atoms with Crippen LogP contribution in [0.5, 0.6) is 5.75 Å². The first kappa shape index (κ1) is 16.0. The largest absolute Gasteiger partial charge is 0.492 e. The predicted octanol–water partition coefficient (Wildman–Crippen LogP) is 2.46. The fraction of sp³-hybridized carbons (Fsp3) is 0.400. The van der Waals surface area contributed by atoms with Gasteiger partial charge in [0.15, 0.2) is 5.82 Å². The maximum Gasteiger partial charge on any atom is 0.244 e. The van der Waals surface area contributed by atoms with E-state index in [4.69, 9.17) is 9.47 Å². The molecule has 0 bridgehead atoms. The molecule has 2 aromatic rings. The Balaban J connectivity index is 2.01. The SMILES string of the molecule is CCOc1ccccc1Nc1cnnc(NCCCOC)n1. The Kier molecular flexibility index (Phi) is 6.38. The van der Waals surface area contributed by atoms with Crippen molar-refractivity contribution in [3.05, 3.63) is 30.5 Å². The zero-order chi connectivity index (χ0) is 15.6. The lowest BCUT2D eigenvalue weighted by Crippen LogP contribution is -2.09. The molecular weight excluding hydrogens is 282 g/mol. The van der Waals surface area contributed by atoms with Gasteiger partial charge in [0.2, 0.25) is 5.95 Å². The van der Waals surface area contributed by atoms with Gasteiger partial charge in [-0.2, -0.15) is 10.1 Å². The highest BCUT2D eigenvalue weighted by Crippen LogP contribution is 2.26. The van der Waals surface area contributed by atoms with Crippen molar-refractivity contribution in [2.45, 2.75) is 13.3 Å². The summed E-state index contributed by atoms with van der Waals surface area (Å²) in [6.07, 6.45) is 2.45. The van der Waals surface area contributed by atoms with Gasteiger partial charge in [0.25, 0.3) is 0 Å². The molecule has 0 fully saturated rings. The zero-order valence-electron chi connectivity index (χ0n) is 12.9. The molecule has 1 aromatic carbocycles. The number of hydrogen-bond acceptors (Lipinski definition) is 7. The summed E-state index contributed by atoms with van der Waals surface area (Å²) in [6, 6.07) is 7.70. The second-order valence-corrected chi connectivity index (χ2v) is 4.49. The first-order valence-electron chi connectivity index (χ1n) is 7.25. The van der Waals surface area contributed by atoms with E-state index in [9.17, 15) is 0 Å². The van der Waals surface area contributed by atoms with Gasteiger partial charge in [-0.15, -0.1) is 5.10 Å². The molecule has 2 rings (SSSR count). The molecule has 0 radical (unpaired) electrons. The molecular formula is C15H21N5O2. The first-order valence-corrected chi connectivity index (χ1v) is 7.25. The van der Waals surface area contributed by atoms with Crippen molar-refractivity contribution >= 4 is 17.5 Å². The summed E-state index contributed by atoms with van der Waals surface area (Å²) in [5.41, 5.74) is 0.843. The van der Waals surface area contributed by atoms with E-state index in [1.807, 2.05) is 31.2 Å². The van der Waals surface area contributed by atoms with Crippen LogP contribution in [0.3, 0.4) is 0 Å². The summed E-state index contributed by atoms with van der Waals surface area (Å²) in [7, 11) is 1.68. The Hall–Kier alpha value is -2.41. The van der Waals surface area contributed by atoms with Crippen LogP contribution in [-0.4, -0.2) is 42.0 Å². The lowest BCUT2D eigenvalue weighted by molar-refractivity contribution is 0.197. The predicted molar refractivity (Wildman–Crippen MR) is 85.7 cm³/mol. The minimum absolute atomic E-state index is 0.481. The van der Waals surface area contributed by atoms with Gasteiger partial charge < -0.3 is 20.1 Å². The second kappa shape index (κ2) is 8.78. The third-order valence-corrected chi connectivity index (χ3v) is 2.82. The molecule has 0 aliphatic heterocycles. The second-order valence-electron chi connectivity index (χ2n) is 4.49. The van der Waals surface area contributed by atoms with Crippen molar-refractivity contribution in [2.75, 3.05) is 37.5 Å². The van der Waals surface area contributed by atoms with E-state index in [1.165, 1.54) is 0 Å². The summed E-state index contributed by atoms with van der Waals surface area (Å²) < 4.78 is 10.6. The lowest BCUT2D eigenvalue weighted by Gasteiger charge is -2.11. The van der Waals surface area contributed by atoms with Gasteiger partial charge in [-0.05, 0) is 25.5 Å². The summed E-state index contributed by atoms with van der Waals surface area (Å²) in [4.78, 5) is 4.37. The van der Waals surface area contributed by atoms with Crippen molar-refractivity contribution in [2.24, 2.45) is 0 Å². The number of nitrogens with zero attached hydrogens (tertiary/aromatic N) is 3. The van der Waals surface area contributed by atoms with Gasteiger partial charge in [-0.1, -0.05) is 12.1 Å². The Labute approximate surface area is 130 Å². The monoisotopic (exact) mass is 303 g/mol. The van der Waals surface area contributed by atoms with Crippen LogP contribution in [0.15, 0.2) is 30.5 Å². The van der Waals surface area contributed by atoms with Gasteiger partial charge in [0.1, 0.15) is 5.75 Å². The Morgan fingerprint density at radius 3 is 2.91 bits per heavy atom. The molecule has 7 nitrogen and oxygen atoms in total. The van der Waals surface area contributed by atoms with Crippen LogP contribution in [0, 0.1) is 0 Å². The van der Waals surface area contributed by atoms with Crippen molar-refractivity contribution in [1.29, 1.82) is 0 Å². The van der Waals surface area contributed by atoms with Crippen molar-refractivity contribution in [3.8, 4) is 5.75 Å². The summed E-state index contributed by atoms with van der Waals surface area (Å²) in [5.74, 6) is 1.87. The Bertz CT molecular complexity index is 579. The summed E-state index contributed by atoms with van der Waals surface area (Å²) in [6.45, 7) is 3.98. The number of aromatic nitrogens is 3. The number of ether oxygens (including phenoxy) is 2. The molecule has 2 N–H and O–H groups in total. The third kappa shape index (κ3) is 4.85. The van der Waals surface area contributed by atoms with Gasteiger partial charge in [-0.3, -0.25) is 0 Å². The fourth-order valence-electron chi connectivity index (χ4n) is 1.84. The van der Waals surface area contributed by atoms with E-state index in [-0.39, 0.29) is 0 Å². The Morgan fingerprint density at radius 2 is 2.09 bits per heavy atom. The molecule has 7 heteroatoms. The molecule has 1 heterocycles. The van der Waals surface area contributed by atoms with Crippen molar-refractivity contribution in [1.82, 2.24) is 15.2 Å². The quantitative estimate of drug-likeness (QED) is 0.689. The number of para-hydroxylation sites is 2. The highest BCUT2D eigenvalue weighted by molar-refractivity contribution is 5.63. The van der Waals surface area contributed by atoms with E-state index >= 15 is 0 Å². The van der Waals surface area contributed by atoms with Gasteiger partial charge in [-0.25, -0.2) is 0 Å². The molecule has 0 unspecified atom stereocenters. The van der Waals surface area contributed by atoms with Crippen LogP contribution >= 0.6 is 0 Å². The first-order chi connectivity index (χ1) is 10.8. The average Bonchev–Trinajstić information content (AvgIpc) is 2.54. The number of nitrogens with one attached hydrogen (secondary N) is 2. The van der Waals surface area contributed by atoms with Gasteiger partial charge in [0, 0.05) is 20.3 Å². The molecule has 22 heavy (non-hydrogen) atoms. The molecule has 1 aromatic heterocycles. The number of rotatable bonds is 9. The minimum atomic E-state index is 0.481. The smallest absolute Gasteiger partial charge is 0.244 e. The molecule has 0 saturated heterocycles. The molecule has 0 aliphatic carbocycles. The maximum atomic E-state index is 5.58. The van der Waals surface area contributed by atoms with Crippen molar-refractivity contribution in [3.63, 3.8) is 0 Å². The van der Waals surface area contributed by atoms with Crippen LogP contribution < -0.4 is 15.4 Å². The molecule has 0 saturated carbocycles. The normalized spacial score (nSPS) is 10.3. The highest BCUT2D eigenvalue weighted by Gasteiger charge is 2.05. The van der Waals surface area contributed by atoms with E-state index < -0.39 is 0 Å². The molecule has 0 amide bonds. The summed E-state index contributed by atoms with van der Waals surface area (Å²) in [5, 5.41) is 14.2. The molecule has 0 aliphatic rings. The van der Waals surface area contributed by atoms with E-state index in [0.29, 0.717) is 25.0 Å². The fourth-order valence-corrected chi connectivity index (χ4v) is 1.84. The van der Waals surface area contributed by atoms with Gasteiger partial charge >= 0.3 is 0 Å². The van der Waals surface area contributed by atoms with Crippen LogP contribution in [0.4, 0.5) is 17.5 Å². The molecule has 118 valence electrons. The number of methoxy groups -OCH3 is 1. The highest BCUT2D eigenvalue weighted by atomic mass is 16.5. The zero-order valence-corrected chi connectivity index (χ0v) is 12.9. The topological polar surface area (TPSA) is 81.2 Å². The van der Waals surface area contributed by atoms with Crippen LogP contribution in [-0.2, 0) is 4.74 Å². The average molecular weight is 303 g/mol. The van der Waals surface area contributed by atoms with Crippen LogP contribution in [0.25, 0.3) is 0 Å². The summed E-state index contributed by atoms with van der Waals surface area (Å²) >= 11 is 0. The van der Waals surface area contributed by atoms with Gasteiger partial charge in [0.05, 0.1) is 18.5 Å². The number of benzene rings is 1. The van der Waals surface area contributed by atoms with Crippen LogP contribution in [0.1, 0.15) is 13.3 Å². The van der Waals surface area contributed by atoms with E-state index in [2.05, 4.69) is 25.8 Å². The lowest BCUT2D eigenvalue weighted by atomic mass is 10.3. The molecule has 0 spiro atoms. The van der Waals surface area contributed by atoms with Crippen molar-refractivity contribution < 1.29 is 9.47 Å². The van der Waals surface area contributed by atoms with Crippen LogP contribution in [0.2, 0.25) is 0 Å². The third-order valence-electron chi connectivity index (χ3n) is 2.82. The standard InChI is InChI=1S/C15H21N5O2/c1-3-22-13-8-5-4-7-12(13)18-14-11-17-20-15(19-14)16-9-6-10-21-2/h4-5,7-8,11H,3,6,9-10H2,1-2H3,(H2,16,18,19,20). The Morgan fingerprint density at radius 1 is 1.23 bits per heavy atom. The maximum absolute atomic E-state index is 5.58. The van der Waals surface area contributed by atoms with E-state index in [0.717, 1.165) is 24.4 Å². The minimum Gasteiger partial charge on any atom is -0.492 e. The molecule has 0 atom stereocenters. The number of anilines is 3.